The highest BCUT2D eigenvalue weighted by atomic mass is 19.1. The van der Waals surface area contributed by atoms with Crippen LogP contribution >= 0.6 is 0 Å². The minimum absolute atomic E-state index is 0.0997. The zero-order valence-electron chi connectivity index (χ0n) is 15.0. The van der Waals surface area contributed by atoms with Gasteiger partial charge in [-0.05, 0) is 18.2 Å². The molecule has 142 valence electrons. The molecule has 0 aliphatic carbocycles. The second-order valence-electron chi connectivity index (χ2n) is 6.19. The van der Waals surface area contributed by atoms with E-state index in [9.17, 15) is 14.0 Å². The van der Waals surface area contributed by atoms with Gasteiger partial charge in [-0.2, -0.15) is 0 Å². The molecule has 1 aliphatic heterocycles. The van der Waals surface area contributed by atoms with Crippen LogP contribution in [0.3, 0.4) is 0 Å². The van der Waals surface area contributed by atoms with Gasteiger partial charge in [0.15, 0.2) is 11.5 Å². The SMILES string of the molecule is CC(=O)N(CCC(=O)Nc1ccc2c(c1)OCCO2)Cc1ccccc1F. The van der Waals surface area contributed by atoms with Crippen LogP contribution in [0.1, 0.15) is 18.9 Å². The Balaban J connectivity index is 1.56. The molecule has 27 heavy (non-hydrogen) atoms. The van der Waals surface area contributed by atoms with Gasteiger partial charge >= 0.3 is 0 Å². The Kier molecular flexibility index (Phi) is 5.90. The normalized spacial score (nSPS) is 12.4. The molecule has 7 heteroatoms. The molecule has 0 bridgehead atoms. The van der Waals surface area contributed by atoms with Crippen LogP contribution in [0.5, 0.6) is 11.5 Å². The van der Waals surface area contributed by atoms with E-state index in [-0.39, 0.29) is 37.1 Å². The predicted octanol–water partition coefficient (Wildman–Crippen LogP) is 2.97. The minimum atomic E-state index is -0.371. The number of carbonyl (C=O) groups is 2. The summed E-state index contributed by atoms with van der Waals surface area (Å²) in [7, 11) is 0. The highest BCUT2D eigenvalue weighted by Crippen LogP contribution is 2.32. The van der Waals surface area contributed by atoms with Crippen molar-refractivity contribution in [1.82, 2.24) is 4.90 Å². The first-order chi connectivity index (χ1) is 13.0. The Morgan fingerprint density at radius 3 is 2.59 bits per heavy atom. The first-order valence-electron chi connectivity index (χ1n) is 8.71. The number of hydrogen-bond donors (Lipinski definition) is 1. The third-order valence-corrected chi connectivity index (χ3v) is 4.20. The number of nitrogens with zero attached hydrogens (tertiary/aromatic N) is 1. The van der Waals surface area contributed by atoms with Gasteiger partial charge in [-0.1, -0.05) is 18.2 Å². The van der Waals surface area contributed by atoms with Crippen molar-refractivity contribution in [2.24, 2.45) is 0 Å². The van der Waals surface area contributed by atoms with Crippen LogP contribution in [0.25, 0.3) is 0 Å². The van der Waals surface area contributed by atoms with Crippen molar-refractivity contribution in [3.8, 4) is 11.5 Å². The Hall–Kier alpha value is -3.09. The molecule has 0 spiro atoms. The van der Waals surface area contributed by atoms with Crippen molar-refractivity contribution in [3.05, 3.63) is 53.8 Å². The van der Waals surface area contributed by atoms with Crippen LogP contribution in [-0.4, -0.2) is 36.5 Å². The highest BCUT2D eigenvalue weighted by molar-refractivity contribution is 5.91. The molecule has 0 aromatic heterocycles. The van der Waals surface area contributed by atoms with Gasteiger partial charge in [0.25, 0.3) is 0 Å². The van der Waals surface area contributed by atoms with Gasteiger partial charge in [0.1, 0.15) is 19.0 Å². The van der Waals surface area contributed by atoms with E-state index in [0.717, 1.165) is 0 Å². The Morgan fingerprint density at radius 1 is 1.11 bits per heavy atom. The van der Waals surface area contributed by atoms with Crippen LogP contribution in [0.2, 0.25) is 0 Å². The summed E-state index contributed by atoms with van der Waals surface area (Å²) in [5, 5.41) is 2.78. The van der Waals surface area contributed by atoms with Crippen molar-refractivity contribution >= 4 is 17.5 Å². The number of fused-ring (bicyclic) bond motifs is 1. The molecule has 2 aromatic carbocycles. The molecule has 6 nitrogen and oxygen atoms in total. The molecule has 0 fully saturated rings. The summed E-state index contributed by atoms with van der Waals surface area (Å²) in [6.07, 6.45) is 0.0997. The van der Waals surface area contributed by atoms with Crippen LogP contribution in [0.4, 0.5) is 10.1 Å². The molecule has 0 saturated carbocycles. The lowest BCUT2D eigenvalue weighted by Gasteiger charge is -2.21. The fourth-order valence-corrected chi connectivity index (χ4v) is 2.76. The number of amides is 2. The van der Waals surface area contributed by atoms with Gasteiger partial charge in [-0.25, -0.2) is 4.39 Å². The molecule has 1 aliphatic rings. The van der Waals surface area contributed by atoms with Crippen LogP contribution in [0.15, 0.2) is 42.5 Å². The maximum absolute atomic E-state index is 13.8. The number of rotatable bonds is 6. The monoisotopic (exact) mass is 372 g/mol. The average molecular weight is 372 g/mol. The first-order valence-corrected chi connectivity index (χ1v) is 8.71. The fraction of sp³-hybridized carbons (Fsp3) is 0.300. The maximum atomic E-state index is 13.8. The van der Waals surface area contributed by atoms with Crippen molar-refractivity contribution in [1.29, 1.82) is 0 Å². The molecule has 0 unspecified atom stereocenters. The van der Waals surface area contributed by atoms with E-state index < -0.39 is 0 Å². The van der Waals surface area contributed by atoms with Crippen molar-refractivity contribution in [2.75, 3.05) is 25.1 Å². The topological polar surface area (TPSA) is 67.9 Å². The molecule has 0 radical (unpaired) electrons. The highest BCUT2D eigenvalue weighted by Gasteiger charge is 2.15. The Labute approximate surface area is 156 Å². The van der Waals surface area contributed by atoms with Gasteiger partial charge in [-0.3, -0.25) is 9.59 Å². The van der Waals surface area contributed by atoms with E-state index in [1.54, 1.807) is 36.4 Å². The number of carbonyl (C=O) groups excluding carboxylic acids is 2. The molecular formula is C20H21FN2O4. The second kappa shape index (κ2) is 8.53. The third kappa shape index (κ3) is 4.97. The first kappa shape index (κ1) is 18.7. The molecule has 1 N–H and O–H groups in total. The Morgan fingerprint density at radius 2 is 1.85 bits per heavy atom. The molecule has 2 aromatic rings. The van der Waals surface area contributed by atoms with Crippen molar-refractivity contribution in [2.45, 2.75) is 19.9 Å². The summed E-state index contributed by atoms with van der Waals surface area (Å²) in [6, 6.07) is 11.5. The Bertz CT molecular complexity index is 840. The van der Waals surface area contributed by atoms with Gasteiger partial charge < -0.3 is 19.7 Å². The summed E-state index contributed by atoms with van der Waals surface area (Å²) in [4.78, 5) is 25.5. The smallest absolute Gasteiger partial charge is 0.226 e. The number of benzene rings is 2. The number of nitrogens with one attached hydrogen (secondary N) is 1. The number of anilines is 1. The van der Waals surface area contributed by atoms with E-state index in [1.165, 1.54) is 17.9 Å². The summed E-state index contributed by atoms with van der Waals surface area (Å²) in [5.41, 5.74) is 1.01. The summed E-state index contributed by atoms with van der Waals surface area (Å²) in [6.45, 7) is 2.69. The predicted molar refractivity (Wildman–Crippen MR) is 98.2 cm³/mol. The molecule has 3 rings (SSSR count). The number of ether oxygens (including phenoxy) is 2. The van der Waals surface area contributed by atoms with Gasteiger partial charge in [0, 0.05) is 43.8 Å². The number of hydrogen-bond acceptors (Lipinski definition) is 4. The molecule has 0 saturated heterocycles. The van der Waals surface area contributed by atoms with Gasteiger partial charge in [-0.15, -0.1) is 0 Å². The maximum Gasteiger partial charge on any atom is 0.226 e. The van der Waals surface area contributed by atoms with E-state index in [2.05, 4.69) is 5.32 Å². The van der Waals surface area contributed by atoms with Crippen LogP contribution < -0.4 is 14.8 Å². The lowest BCUT2D eigenvalue weighted by atomic mass is 10.2. The van der Waals surface area contributed by atoms with E-state index in [4.69, 9.17) is 9.47 Å². The zero-order valence-corrected chi connectivity index (χ0v) is 15.0. The fourth-order valence-electron chi connectivity index (χ4n) is 2.76. The summed E-state index contributed by atoms with van der Waals surface area (Å²) >= 11 is 0. The van der Waals surface area contributed by atoms with Crippen molar-refractivity contribution in [3.63, 3.8) is 0 Å². The average Bonchev–Trinajstić information content (AvgIpc) is 2.66. The minimum Gasteiger partial charge on any atom is -0.486 e. The lowest BCUT2D eigenvalue weighted by Crippen LogP contribution is -2.31. The van der Waals surface area contributed by atoms with E-state index >= 15 is 0 Å². The zero-order chi connectivity index (χ0) is 19.2. The summed E-state index contributed by atoms with van der Waals surface area (Å²) in [5.74, 6) is 0.400. The quantitative estimate of drug-likeness (QED) is 0.847. The number of halogens is 1. The largest absolute Gasteiger partial charge is 0.486 e. The second-order valence-corrected chi connectivity index (χ2v) is 6.19. The van der Waals surface area contributed by atoms with Crippen molar-refractivity contribution < 1.29 is 23.5 Å². The standard InChI is InChI=1S/C20H21FN2O4/c1-14(24)23(13-15-4-2-3-5-17(15)21)9-8-20(25)22-16-6-7-18-19(12-16)27-11-10-26-18/h2-7,12H,8-11,13H2,1H3,(H,22,25). The van der Waals surface area contributed by atoms with Crippen LogP contribution in [0, 0.1) is 5.82 Å². The summed E-state index contributed by atoms with van der Waals surface area (Å²) < 4.78 is 24.7. The lowest BCUT2D eigenvalue weighted by molar-refractivity contribution is -0.130. The molecule has 1 heterocycles. The van der Waals surface area contributed by atoms with Gasteiger partial charge in [0.2, 0.25) is 11.8 Å². The molecule has 0 atom stereocenters. The van der Waals surface area contributed by atoms with E-state index in [1.807, 2.05) is 0 Å². The molecular weight excluding hydrogens is 351 g/mol. The van der Waals surface area contributed by atoms with Crippen LogP contribution in [-0.2, 0) is 16.1 Å². The van der Waals surface area contributed by atoms with Gasteiger partial charge in [0.05, 0.1) is 0 Å². The molecule has 2 amide bonds. The third-order valence-electron chi connectivity index (χ3n) is 4.20. The van der Waals surface area contributed by atoms with E-state index in [0.29, 0.717) is 36.0 Å².